The van der Waals surface area contributed by atoms with Gasteiger partial charge < -0.3 is 20.4 Å². The van der Waals surface area contributed by atoms with Crippen LogP contribution in [0.2, 0.25) is 0 Å². The fraction of sp³-hybridized carbons (Fsp3) is 0.216. The maximum atomic E-state index is 11.1. The van der Waals surface area contributed by atoms with Crippen LogP contribution >= 0.6 is 0 Å². The number of benzene rings is 8. The van der Waals surface area contributed by atoms with Crippen molar-refractivity contribution < 1.29 is 20.4 Å². The minimum atomic E-state index is 0.291. The van der Waals surface area contributed by atoms with Gasteiger partial charge in [-0.05, 0) is 93.3 Å². The molecular weight excluding hydrogens is 705 g/mol. The molecule has 0 aromatic heterocycles. The molecule has 4 N–H and O–H groups in total. The summed E-state index contributed by atoms with van der Waals surface area (Å²) in [6.07, 6.45) is 5.13. The molecule has 8 aromatic carbocycles. The topological polar surface area (TPSA) is 87.4 Å². The van der Waals surface area contributed by atoms with E-state index >= 15 is 0 Å². The lowest BCUT2D eigenvalue weighted by molar-refractivity contribution is 0.239. The average Bonchev–Trinajstić information content (AvgIpc) is 3.24. The molecule has 0 aliphatic carbocycles. The summed E-state index contributed by atoms with van der Waals surface area (Å²) in [6.45, 7) is 3.88. The zero-order valence-corrected chi connectivity index (χ0v) is 32.3. The molecule has 0 saturated heterocycles. The summed E-state index contributed by atoms with van der Waals surface area (Å²) in [4.78, 5) is 4.72. The molecule has 0 amide bonds. The largest absolute Gasteiger partial charge is 0.508 e. The number of unbranched alkanes of at least 4 members (excludes halogenated alkanes) is 4. The van der Waals surface area contributed by atoms with Gasteiger partial charge in [-0.25, -0.2) is 0 Å². The van der Waals surface area contributed by atoms with Gasteiger partial charge in [0.15, 0.2) is 0 Å². The average molecular weight is 755 g/mol. The monoisotopic (exact) mass is 754 g/mol. The Bertz CT molecular complexity index is 2300. The highest BCUT2D eigenvalue weighted by Gasteiger charge is 2.18. The Balaban J connectivity index is 0.956. The first-order chi connectivity index (χ1) is 27.9. The van der Waals surface area contributed by atoms with E-state index < -0.39 is 0 Å². The van der Waals surface area contributed by atoms with Gasteiger partial charge in [-0.2, -0.15) is 0 Å². The smallest absolute Gasteiger partial charge is 0.120 e. The van der Waals surface area contributed by atoms with E-state index in [1.54, 1.807) is 24.3 Å². The van der Waals surface area contributed by atoms with E-state index in [2.05, 4.69) is 58.3 Å². The molecule has 0 unspecified atom stereocenters. The predicted molar refractivity (Wildman–Crippen MR) is 234 cm³/mol. The second-order valence-corrected chi connectivity index (χ2v) is 15.3. The Hall–Kier alpha value is -6.08. The fourth-order valence-corrected chi connectivity index (χ4v) is 8.49. The van der Waals surface area contributed by atoms with E-state index in [-0.39, 0.29) is 0 Å². The number of aromatic hydroxyl groups is 4. The van der Waals surface area contributed by atoms with Gasteiger partial charge in [0.2, 0.25) is 0 Å². The van der Waals surface area contributed by atoms with Crippen LogP contribution in [0.4, 0.5) is 0 Å². The number of rotatable bonds is 16. The molecular formula is C51H50N2O4. The van der Waals surface area contributed by atoms with Crippen LogP contribution in [0.1, 0.15) is 54.4 Å². The summed E-state index contributed by atoms with van der Waals surface area (Å²) >= 11 is 0. The second-order valence-electron chi connectivity index (χ2n) is 15.3. The third-order valence-electron chi connectivity index (χ3n) is 11.5. The van der Waals surface area contributed by atoms with E-state index in [9.17, 15) is 20.4 Å². The molecule has 0 spiro atoms. The highest BCUT2D eigenvalue weighted by molar-refractivity contribution is 5.90. The van der Waals surface area contributed by atoms with Gasteiger partial charge in [0.05, 0.1) is 0 Å². The van der Waals surface area contributed by atoms with E-state index in [1.807, 2.05) is 72.8 Å². The standard InChI is InChI=1S/C51H50N2O4/c54-48-26-22-36-14-4-8-18-40(36)44(48)32-52(33-45-41-19-9-5-15-37(41)23-27-49(45)55)30-12-2-1-3-13-31-53(34-46-42-20-10-6-16-38(42)24-28-50(46)56)35-47-43-21-11-7-17-39(43)25-29-51(47)57/h4-11,14-29,54-57H,1-3,12-13,30-35H2. The van der Waals surface area contributed by atoms with E-state index in [1.165, 1.54) is 0 Å². The van der Waals surface area contributed by atoms with Gasteiger partial charge in [0.25, 0.3) is 0 Å². The Labute approximate surface area is 334 Å². The molecule has 0 atom stereocenters. The molecule has 8 rings (SSSR count). The predicted octanol–water partition coefficient (Wildman–Crippen LogP) is 11.8. The van der Waals surface area contributed by atoms with Crippen LogP contribution in [0, 0.1) is 0 Å². The molecule has 57 heavy (non-hydrogen) atoms. The SMILES string of the molecule is Oc1ccc2ccccc2c1CN(CCCCCCCN(Cc1c(O)ccc2ccccc12)Cc1c(O)ccc2ccccc12)Cc1c(O)ccc2ccccc12. The number of fused-ring (bicyclic) bond motifs is 4. The zero-order valence-electron chi connectivity index (χ0n) is 32.3. The number of hydrogen-bond acceptors (Lipinski definition) is 6. The maximum Gasteiger partial charge on any atom is 0.120 e. The lowest BCUT2D eigenvalue weighted by Crippen LogP contribution is -2.25. The van der Waals surface area contributed by atoms with Gasteiger partial charge in [-0.15, -0.1) is 0 Å². The number of phenols is 4. The van der Waals surface area contributed by atoms with Crippen LogP contribution in [0.5, 0.6) is 23.0 Å². The summed E-state index contributed by atoms with van der Waals surface area (Å²) in [6, 6.07) is 47.8. The van der Waals surface area contributed by atoms with Gasteiger partial charge in [-0.3, -0.25) is 9.80 Å². The summed E-state index contributed by atoms with van der Waals surface area (Å²) in [5, 5.41) is 52.9. The molecule has 0 bridgehead atoms. The number of hydrogen-bond donors (Lipinski definition) is 4. The van der Waals surface area contributed by atoms with Crippen LogP contribution in [0.15, 0.2) is 146 Å². The molecule has 0 aliphatic rings. The molecule has 6 nitrogen and oxygen atoms in total. The Kier molecular flexibility index (Phi) is 11.5. The third kappa shape index (κ3) is 8.53. The van der Waals surface area contributed by atoms with Gasteiger partial charge >= 0.3 is 0 Å². The van der Waals surface area contributed by atoms with E-state index in [0.29, 0.717) is 49.2 Å². The summed E-state index contributed by atoms with van der Waals surface area (Å²) in [5.74, 6) is 1.16. The van der Waals surface area contributed by atoms with Crippen molar-refractivity contribution in [3.05, 3.63) is 168 Å². The molecule has 288 valence electrons. The van der Waals surface area contributed by atoms with E-state index in [4.69, 9.17) is 0 Å². The van der Waals surface area contributed by atoms with Gasteiger partial charge in [0, 0.05) is 48.4 Å². The highest BCUT2D eigenvalue weighted by atomic mass is 16.3. The first kappa shape index (κ1) is 37.8. The second kappa shape index (κ2) is 17.4. The lowest BCUT2D eigenvalue weighted by Gasteiger charge is -2.26. The van der Waals surface area contributed by atoms with Crippen LogP contribution in [-0.2, 0) is 26.2 Å². The van der Waals surface area contributed by atoms with Crippen molar-refractivity contribution in [3.8, 4) is 23.0 Å². The zero-order chi connectivity index (χ0) is 39.1. The van der Waals surface area contributed by atoms with E-state index in [0.717, 1.165) is 111 Å². The Morgan fingerprint density at radius 1 is 0.281 bits per heavy atom. The molecule has 0 fully saturated rings. The molecule has 6 heteroatoms. The molecule has 0 radical (unpaired) electrons. The van der Waals surface area contributed by atoms with Crippen molar-refractivity contribution in [1.29, 1.82) is 0 Å². The molecule has 8 aromatic rings. The van der Waals surface area contributed by atoms with Crippen molar-refractivity contribution in [3.63, 3.8) is 0 Å². The van der Waals surface area contributed by atoms with Crippen LogP contribution in [0.3, 0.4) is 0 Å². The van der Waals surface area contributed by atoms with Crippen LogP contribution in [0.25, 0.3) is 43.1 Å². The van der Waals surface area contributed by atoms with Crippen LogP contribution in [-0.4, -0.2) is 43.3 Å². The Morgan fingerprint density at radius 2 is 0.526 bits per heavy atom. The minimum absolute atomic E-state index is 0.291. The summed E-state index contributed by atoms with van der Waals surface area (Å²) < 4.78 is 0. The fourth-order valence-electron chi connectivity index (χ4n) is 8.49. The first-order valence-corrected chi connectivity index (χ1v) is 20.2. The van der Waals surface area contributed by atoms with Crippen molar-refractivity contribution in [2.75, 3.05) is 13.1 Å². The van der Waals surface area contributed by atoms with Crippen LogP contribution < -0.4 is 0 Å². The Morgan fingerprint density at radius 3 is 0.807 bits per heavy atom. The lowest BCUT2D eigenvalue weighted by atomic mass is 10.0. The maximum absolute atomic E-state index is 11.1. The van der Waals surface area contributed by atoms with Gasteiger partial charge in [0.1, 0.15) is 23.0 Å². The van der Waals surface area contributed by atoms with Gasteiger partial charge in [-0.1, -0.05) is 141 Å². The molecule has 0 saturated carbocycles. The molecule has 0 aliphatic heterocycles. The normalized spacial score (nSPS) is 11.8. The summed E-state index contributed by atoms with van der Waals surface area (Å²) in [5.41, 5.74) is 3.62. The van der Waals surface area contributed by atoms with Crippen molar-refractivity contribution in [1.82, 2.24) is 9.80 Å². The van der Waals surface area contributed by atoms with Crippen molar-refractivity contribution in [2.45, 2.75) is 58.3 Å². The quantitative estimate of drug-likeness (QED) is 0.0735. The number of phenolic OH excluding ortho intramolecular Hbond substituents is 4. The first-order valence-electron chi connectivity index (χ1n) is 20.2. The van der Waals surface area contributed by atoms with Crippen molar-refractivity contribution >= 4 is 43.1 Å². The number of nitrogens with zero attached hydrogens (tertiary/aromatic N) is 2. The van der Waals surface area contributed by atoms with Crippen molar-refractivity contribution in [2.24, 2.45) is 0 Å². The minimum Gasteiger partial charge on any atom is -0.508 e. The summed E-state index contributed by atoms with van der Waals surface area (Å²) in [7, 11) is 0. The molecule has 0 heterocycles. The third-order valence-corrected chi connectivity index (χ3v) is 11.5. The highest BCUT2D eigenvalue weighted by Crippen LogP contribution is 2.34.